The fourth-order valence-electron chi connectivity index (χ4n) is 3.76. The number of anilines is 1. The first kappa shape index (κ1) is 25.5. The zero-order valence-electron chi connectivity index (χ0n) is 20.0. The summed E-state index contributed by atoms with van der Waals surface area (Å²) in [5.41, 5.74) is 6.99. The molecule has 2 heterocycles. The molecule has 0 atom stereocenters. The van der Waals surface area contributed by atoms with Gasteiger partial charge in [0, 0.05) is 31.1 Å². The van der Waals surface area contributed by atoms with Gasteiger partial charge in [-0.25, -0.2) is 0 Å². The summed E-state index contributed by atoms with van der Waals surface area (Å²) in [4.78, 5) is 17.2. The SMILES string of the molecule is Cc1cc(-c2c(O)c3cc(-c4ccc(N(C)C)c(OCC(N)(CO)CO)c4)c(Cl)cc3[nH]c2=O)on1. The highest BCUT2D eigenvalue weighted by molar-refractivity contribution is 6.34. The zero-order valence-corrected chi connectivity index (χ0v) is 20.8. The molecule has 0 saturated carbocycles. The first-order valence-corrected chi connectivity index (χ1v) is 11.4. The molecule has 0 bridgehead atoms. The number of aromatic hydroxyl groups is 1. The molecule has 0 radical (unpaired) electrons. The lowest BCUT2D eigenvalue weighted by Gasteiger charge is -2.26. The summed E-state index contributed by atoms with van der Waals surface area (Å²) in [5, 5.41) is 34.5. The Morgan fingerprint density at radius 1 is 1.19 bits per heavy atom. The van der Waals surface area contributed by atoms with Crippen molar-refractivity contribution in [2.75, 3.05) is 38.8 Å². The smallest absolute Gasteiger partial charge is 0.263 e. The number of pyridine rings is 1. The Morgan fingerprint density at radius 2 is 1.92 bits per heavy atom. The van der Waals surface area contributed by atoms with Crippen LogP contribution in [0.1, 0.15) is 5.69 Å². The number of fused-ring (bicyclic) bond motifs is 1. The van der Waals surface area contributed by atoms with Gasteiger partial charge in [-0.3, -0.25) is 4.79 Å². The van der Waals surface area contributed by atoms with E-state index in [2.05, 4.69) is 10.1 Å². The first-order valence-electron chi connectivity index (χ1n) is 11.0. The third-order valence-electron chi connectivity index (χ3n) is 5.85. The Balaban J connectivity index is 1.84. The van der Waals surface area contributed by atoms with Gasteiger partial charge in [-0.2, -0.15) is 0 Å². The van der Waals surface area contributed by atoms with E-state index in [1.54, 1.807) is 31.2 Å². The van der Waals surface area contributed by atoms with Crippen LogP contribution in [0.15, 0.2) is 45.7 Å². The third kappa shape index (κ3) is 4.76. The van der Waals surface area contributed by atoms with Gasteiger partial charge >= 0.3 is 0 Å². The van der Waals surface area contributed by atoms with Gasteiger partial charge in [0.2, 0.25) is 0 Å². The highest BCUT2D eigenvalue weighted by Gasteiger charge is 2.25. The fraction of sp³-hybridized carbons (Fsp3) is 0.280. The van der Waals surface area contributed by atoms with Crippen molar-refractivity contribution < 1.29 is 24.6 Å². The van der Waals surface area contributed by atoms with Gasteiger partial charge in [-0.1, -0.05) is 22.8 Å². The molecular formula is C25H27ClN4O6. The number of nitrogens with zero attached hydrogens (tertiary/aromatic N) is 2. The summed E-state index contributed by atoms with van der Waals surface area (Å²) >= 11 is 6.58. The number of aryl methyl sites for hydroxylation is 1. The highest BCUT2D eigenvalue weighted by atomic mass is 35.5. The molecule has 0 fully saturated rings. The number of hydrogen-bond donors (Lipinski definition) is 5. The van der Waals surface area contributed by atoms with Gasteiger partial charge < -0.3 is 40.2 Å². The number of ether oxygens (including phenoxy) is 1. The van der Waals surface area contributed by atoms with Gasteiger partial charge in [0.05, 0.1) is 40.7 Å². The van der Waals surface area contributed by atoms with Crippen molar-refractivity contribution in [3.05, 3.63) is 57.5 Å². The Labute approximate surface area is 211 Å². The average Bonchev–Trinajstić information content (AvgIpc) is 3.27. The Bertz CT molecular complexity index is 1480. The largest absolute Gasteiger partial charge is 0.506 e. The number of aromatic amines is 1. The molecule has 2 aromatic heterocycles. The summed E-state index contributed by atoms with van der Waals surface area (Å²) in [5.74, 6) is 0.339. The van der Waals surface area contributed by atoms with Crippen LogP contribution in [-0.4, -0.2) is 64.9 Å². The van der Waals surface area contributed by atoms with E-state index in [0.717, 1.165) is 5.69 Å². The molecule has 0 aliphatic carbocycles. The van der Waals surface area contributed by atoms with Crippen LogP contribution >= 0.6 is 11.6 Å². The topological polar surface area (TPSA) is 158 Å². The van der Waals surface area contributed by atoms with E-state index in [1.165, 1.54) is 0 Å². The Hall–Kier alpha value is -3.57. The average molecular weight is 515 g/mol. The Morgan fingerprint density at radius 3 is 2.53 bits per heavy atom. The van der Waals surface area contributed by atoms with Crippen molar-refractivity contribution >= 4 is 28.2 Å². The molecule has 0 spiro atoms. The zero-order chi connectivity index (χ0) is 26.2. The van der Waals surface area contributed by atoms with Crippen molar-refractivity contribution in [3.63, 3.8) is 0 Å². The molecule has 0 amide bonds. The second-order valence-electron chi connectivity index (χ2n) is 8.93. The quantitative estimate of drug-likeness (QED) is 0.238. The van der Waals surface area contributed by atoms with Crippen molar-refractivity contribution in [1.29, 1.82) is 0 Å². The van der Waals surface area contributed by atoms with Crippen LogP contribution in [-0.2, 0) is 0 Å². The number of benzene rings is 2. The minimum Gasteiger partial charge on any atom is -0.506 e. The molecule has 0 saturated heterocycles. The fourth-order valence-corrected chi connectivity index (χ4v) is 4.03. The van der Waals surface area contributed by atoms with E-state index < -0.39 is 24.3 Å². The Kier molecular flexibility index (Phi) is 6.96. The minimum atomic E-state index is -1.31. The molecule has 190 valence electrons. The maximum atomic E-state index is 12.7. The lowest BCUT2D eigenvalue weighted by Crippen LogP contribution is -2.52. The van der Waals surface area contributed by atoms with Crippen LogP contribution in [0, 0.1) is 6.92 Å². The number of nitrogens with one attached hydrogen (secondary N) is 1. The maximum absolute atomic E-state index is 12.7. The van der Waals surface area contributed by atoms with Crippen molar-refractivity contribution in [2.45, 2.75) is 12.5 Å². The van der Waals surface area contributed by atoms with E-state index >= 15 is 0 Å². The van der Waals surface area contributed by atoms with E-state index in [-0.39, 0.29) is 23.7 Å². The van der Waals surface area contributed by atoms with Crippen LogP contribution in [0.3, 0.4) is 0 Å². The van der Waals surface area contributed by atoms with Crippen molar-refractivity contribution in [1.82, 2.24) is 10.1 Å². The van der Waals surface area contributed by atoms with Crippen molar-refractivity contribution in [2.24, 2.45) is 5.73 Å². The van der Waals surface area contributed by atoms with E-state index in [4.69, 9.17) is 26.6 Å². The first-order chi connectivity index (χ1) is 17.1. The molecule has 6 N–H and O–H groups in total. The monoisotopic (exact) mass is 514 g/mol. The van der Waals surface area contributed by atoms with Gasteiger partial charge in [0.1, 0.15) is 23.7 Å². The summed E-state index contributed by atoms with van der Waals surface area (Å²) in [6, 6.07) is 10.2. The van der Waals surface area contributed by atoms with Gasteiger partial charge in [-0.15, -0.1) is 0 Å². The molecule has 36 heavy (non-hydrogen) atoms. The summed E-state index contributed by atoms with van der Waals surface area (Å²) in [6.07, 6.45) is 0. The second-order valence-corrected chi connectivity index (χ2v) is 9.34. The normalized spacial score (nSPS) is 11.8. The number of aliphatic hydroxyl groups is 2. The van der Waals surface area contributed by atoms with Crippen LogP contribution in [0.5, 0.6) is 11.5 Å². The molecule has 0 unspecified atom stereocenters. The molecule has 10 nitrogen and oxygen atoms in total. The van der Waals surface area contributed by atoms with Crippen LogP contribution in [0.25, 0.3) is 33.4 Å². The number of nitrogens with two attached hydrogens (primary N) is 1. The second kappa shape index (κ2) is 9.82. The van der Waals surface area contributed by atoms with Crippen molar-refractivity contribution in [3.8, 4) is 33.9 Å². The molecule has 2 aromatic carbocycles. The number of H-pyrrole nitrogens is 1. The molecule has 0 aliphatic rings. The number of hydrogen-bond acceptors (Lipinski definition) is 9. The predicted octanol–water partition coefficient (Wildman–Crippen LogP) is 2.64. The number of aromatic nitrogens is 2. The molecule has 11 heteroatoms. The van der Waals surface area contributed by atoms with Gasteiger partial charge in [0.15, 0.2) is 5.76 Å². The molecule has 4 rings (SSSR count). The third-order valence-corrected chi connectivity index (χ3v) is 6.16. The minimum absolute atomic E-state index is 0.0318. The van der Waals surface area contributed by atoms with Crippen LogP contribution in [0.4, 0.5) is 5.69 Å². The highest BCUT2D eigenvalue weighted by Crippen LogP contribution is 2.40. The standard InChI is InChI=1S/C25H27ClN4O6/c1-13-6-21(36-29-13)22-23(33)16-8-15(17(26)9-18(16)28-24(22)34)14-4-5-19(30(2)3)20(7-14)35-12-25(27,10-31)11-32/h4-9,31-32H,10-12,27H2,1-3H3,(H2,28,33,34). The number of halogens is 1. The van der Waals surface area contributed by atoms with Crippen LogP contribution < -0.4 is 20.9 Å². The van der Waals surface area contributed by atoms with Crippen LogP contribution in [0.2, 0.25) is 5.02 Å². The van der Waals surface area contributed by atoms with Gasteiger partial charge in [0.25, 0.3) is 5.56 Å². The van der Waals surface area contributed by atoms with E-state index in [0.29, 0.717) is 38.5 Å². The predicted molar refractivity (Wildman–Crippen MR) is 138 cm³/mol. The maximum Gasteiger partial charge on any atom is 0.263 e. The van der Waals surface area contributed by atoms with E-state index in [9.17, 15) is 20.1 Å². The molecule has 4 aromatic rings. The molecular weight excluding hydrogens is 488 g/mol. The molecule has 0 aliphatic heterocycles. The lowest BCUT2D eigenvalue weighted by atomic mass is 10.00. The number of rotatable bonds is 8. The summed E-state index contributed by atoms with van der Waals surface area (Å²) < 4.78 is 11.1. The number of aliphatic hydroxyl groups excluding tert-OH is 2. The lowest BCUT2D eigenvalue weighted by molar-refractivity contribution is 0.0787. The van der Waals surface area contributed by atoms with E-state index in [1.807, 2.05) is 31.1 Å². The summed E-state index contributed by atoms with van der Waals surface area (Å²) in [7, 11) is 3.69. The summed E-state index contributed by atoms with van der Waals surface area (Å²) in [6.45, 7) is 0.671. The van der Waals surface area contributed by atoms with Gasteiger partial charge in [-0.05, 0) is 36.8 Å².